The minimum Gasteiger partial charge on any atom is -0.373 e. The molecule has 0 aromatic heterocycles. The summed E-state index contributed by atoms with van der Waals surface area (Å²) in [7, 11) is -3.42. The quantitative estimate of drug-likeness (QED) is 0.818. The molecule has 2 aliphatic heterocycles. The topological polar surface area (TPSA) is 49.9 Å². The van der Waals surface area contributed by atoms with Crippen LogP contribution in [0.15, 0.2) is 29.2 Å². The van der Waals surface area contributed by atoms with Crippen molar-refractivity contribution in [2.45, 2.75) is 49.8 Å². The molecular formula is C17H25ClN2O3S. The molecule has 3 rings (SSSR count). The lowest BCUT2D eigenvalue weighted by Gasteiger charge is -2.43. The van der Waals surface area contributed by atoms with Crippen molar-refractivity contribution in [2.75, 3.05) is 26.2 Å². The first-order valence-corrected chi connectivity index (χ1v) is 10.3. The highest BCUT2D eigenvalue weighted by Crippen LogP contribution is 2.26. The first-order chi connectivity index (χ1) is 11.4. The fraction of sp³-hybridized carbons (Fsp3) is 0.647. The van der Waals surface area contributed by atoms with Crippen LogP contribution in [0.25, 0.3) is 0 Å². The van der Waals surface area contributed by atoms with Gasteiger partial charge in [-0.25, -0.2) is 8.42 Å². The predicted molar refractivity (Wildman–Crippen MR) is 94.8 cm³/mol. The number of ether oxygens (including phenoxy) is 1. The molecular weight excluding hydrogens is 348 g/mol. The first-order valence-electron chi connectivity index (χ1n) is 8.51. The molecule has 0 aliphatic carbocycles. The van der Waals surface area contributed by atoms with Gasteiger partial charge in [0.05, 0.1) is 17.1 Å². The maximum absolute atomic E-state index is 12.7. The monoisotopic (exact) mass is 372 g/mol. The summed E-state index contributed by atoms with van der Waals surface area (Å²) in [5.74, 6) is 0. The van der Waals surface area contributed by atoms with Crippen LogP contribution in [0.1, 0.15) is 26.7 Å². The van der Waals surface area contributed by atoms with Crippen molar-refractivity contribution < 1.29 is 13.2 Å². The molecule has 0 saturated carbocycles. The number of hydrogen-bond acceptors (Lipinski definition) is 4. The molecule has 0 spiro atoms. The van der Waals surface area contributed by atoms with Gasteiger partial charge in [0.15, 0.2) is 0 Å². The molecule has 7 heteroatoms. The molecule has 0 bridgehead atoms. The summed E-state index contributed by atoms with van der Waals surface area (Å²) in [5.41, 5.74) is 0. The lowest BCUT2D eigenvalue weighted by atomic mass is 10.0. The van der Waals surface area contributed by atoms with E-state index in [0.717, 1.165) is 25.9 Å². The molecule has 24 heavy (non-hydrogen) atoms. The van der Waals surface area contributed by atoms with Crippen molar-refractivity contribution in [1.82, 2.24) is 9.21 Å². The van der Waals surface area contributed by atoms with Gasteiger partial charge in [-0.1, -0.05) is 11.6 Å². The van der Waals surface area contributed by atoms with E-state index < -0.39 is 10.0 Å². The number of sulfonamides is 1. The second-order valence-electron chi connectivity index (χ2n) is 6.80. The Kier molecular flexibility index (Phi) is 5.52. The normalized spacial score (nSPS) is 28.1. The molecule has 2 fully saturated rings. The summed E-state index contributed by atoms with van der Waals surface area (Å²) in [6.07, 6.45) is 2.22. The highest BCUT2D eigenvalue weighted by molar-refractivity contribution is 7.89. The van der Waals surface area contributed by atoms with Gasteiger partial charge in [0.1, 0.15) is 0 Å². The standard InChI is InChI=1S/C17H25ClN2O3S/c1-13-11-19(12-14(2)23-13)16-7-9-20(10-8-16)24(21,22)17-5-3-15(18)4-6-17/h3-6,13-14,16H,7-12H2,1-2H3/t13-,14+. The van der Waals surface area contributed by atoms with Gasteiger partial charge < -0.3 is 4.74 Å². The molecule has 5 nitrogen and oxygen atoms in total. The van der Waals surface area contributed by atoms with Crippen LogP contribution in [0.4, 0.5) is 0 Å². The predicted octanol–water partition coefficient (Wildman–Crippen LogP) is 2.60. The molecule has 2 saturated heterocycles. The molecule has 0 radical (unpaired) electrons. The van der Waals surface area contributed by atoms with E-state index >= 15 is 0 Å². The number of morpholine rings is 1. The molecule has 0 unspecified atom stereocenters. The summed E-state index contributed by atoms with van der Waals surface area (Å²) < 4.78 is 32.9. The van der Waals surface area contributed by atoms with Crippen molar-refractivity contribution in [3.05, 3.63) is 29.3 Å². The number of nitrogens with zero attached hydrogens (tertiary/aromatic N) is 2. The van der Waals surface area contributed by atoms with Gasteiger partial charge in [-0.3, -0.25) is 4.90 Å². The van der Waals surface area contributed by atoms with Gasteiger partial charge in [0.2, 0.25) is 10.0 Å². The van der Waals surface area contributed by atoms with E-state index in [0.29, 0.717) is 29.0 Å². The third-order valence-corrected chi connectivity index (χ3v) is 7.00. The van der Waals surface area contributed by atoms with Gasteiger partial charge >= 0.3 is 0 Å². The van der Waals surface area contributed by atoms with Crippen LogP contribution in [-0.2, 0) is 14.8 Å². The van der Waals surface area contributed by atoms with E-state index in [2.05, 4.69) is 18.7 Å². The van der Waals surface area contributed by atoms with Crippen molar-refractivity contribution in [3.63, 3.8) is 0 Å². The second kappa shape index (κ2) is 7.30. The molecule has 134 valence electrons. The average molecular weight is 373 g/mol. The fourth-order valence-electron chi connectivity index (χ4n) is 3.72. The van der Waals surface area contributed by atoms with Gasteiger partial charge in [0, 0.05) is 37.2 Å². The van der Waals surface area contributed by atoms with E-state index in [4.69, 9.17) is 16.3 Å². The molecule has 1 aromatic rings. The Morgan fingerprint density at radius 2 is 1.58 bits per heavy atom. The highest BCUT2D eigenvalue weighted by atomic mass is 35.5. The van der Waals surface area contributed by atoms with Crippen LogP contribution >= 0.6 is 11.6 Å². The van der Waals surface area contributed by atoms with E-state index in [9.17, 15) is 8.42 Å². The van der Waals surface area contributed by atoms with Crippen LogP contribution in [0.3, 0.4) is 0 Å². The number of benzene rings is 1. The largest absolute Gasteiger partial charge is 0.373 e. The number of hydrogen-bond donors (Lipinski definition) is 0. The zero-order chi connectivity index (χ0) is 17.3. The average Bonchev–Trinajstić information content (AvgIpc) is 2.54. The van der Waals surface area contributed by atoms with Crippen molar-refractivity contribution in [3.8, 4) is 0 Å². The third kappa shape index (κ3) is 3.94. The zero-order valence-corrected chi connectivity index (χ0v) is 15.8. The van der Waals surface area contributed by atoms with E-state index in [-0.39, 0.29) is 12.2 Å². The summed E-state index contributed by atoms with van der Waals surface area (Å²) in [6, 6.07) is 6.84. The van der Waals surface area contributed by atoms with E-state index in [1.54, 1.807) is 28.6 Å². The zero-order valence-electron chi connectivity index (χ0n) is 14.2. The summed E-state index contributed by atoms with van der Waals surface area (Å²) in [5, 5.41) is 0.545. The van der Waals surface area contributed by atoms with Crippen molar-refractivity contribution >= 4 is 21.6 Å². The Labute approximate surface area is 149 Å². The molecule has 0 amide bonds. The Morgan fingerprint density at radius 3 is 2.12 bits per heavy atom. The minimum absolute atomic E-state index is 0.240. The van der Waals surface area contributed by atoms with Crippen LogP contribution in [0, 0.1) is 0 Å². The smallest absolute Gasteiger partial charge is 0.243 e. The molecule has 2 aliphatic rings. The second-order valence-corrected chi connectivity index (χ2v) is 9.17. The van der Waals surface area contributed by atoms with Crippen LogP contribution in [-0.4, -0.2) is 62.1 Å². The Bertz CT molecular complexity index is 647. The van der Waals surface area contributed by atoms with E-state index in [1.165, 1.54) is 0 Å². The first kappa shape index (κ1) is 18.1. The number of piperidine rings is 1. The van der Waals surface area contributed by atoms with E-state index in [1.807, 2.05) is 0 Å². The van der Waals surface area contributed by atoms with Crippen LogP contribution in [0.5, 0.6) is 0 Å². The SMILES string of the molecule is C[C@@H]1CN(C2CCN(S(=O)(=O)c3ccc(Cl)cc3)CC2)C[C@H](C)O1. The Hall–Kier alpha value is -0.660. The molecule has 0 N–H and O–H groups in total. The summed E-state index contributed by atoms with van der Waals surface area (Å²) in [6.45, 7) is 7.19. The van der Waals surface area contributed by atoms with Crippen LogP contribution in [0.2, 0.25) is 5.02 Å². The fourth-order valence-corrected chi connectivity index (χ4v) is 5.31. The third-order valence-electron chi connectivity index (χ3n) is 4.84. The maximum atomic E-state index is 12.7. The highest BCUT2D eigenvalue weighted by Gasteiger charge is 2.34. The van der Waals surface area contributed by atoms with Crippen LogP contribution < -0.4 is 0 Å². The Balaban J connectivity index is 1.63. The maximum Gasteiger partial charge on any atom is 0.243 e. The van der Waals surface area contributed by atoms with Gasteiger partial charge in [0.25, 0.3) is 0 Å². The molecule has 2 atom stereocenters. The summed E-state index contributed by atoms with van der Waals surface area (Å²) >= 11 is 5.85. The lowest BCUT2D eigenvalue weighted by Crippen LogP contribution is -2.53. The lowest BCUT2D eigenvalue weighted by molar-refractivity contribution is -0.0847. The molecule has 2 heterocycles. The minimum atomic E-state index is -3.42. The molecule has 1 aromatic carbocycles. The van der Waals surface area contributed by atoms with Gasteiger partial charge in [-0.2, -0.15) is 4.31 Å². The Morgan fingerprint density at radius 1 is 1.04 bits per heavy atom. The van der Waals surface area contributed by atoms with Crippen molar-refractivity contribution in [1.29, 1.82) is 0 Å². The number of rotatable bonds is 3. The van der Waals surface area contributed by atoms with Gasteiger partial charge in [-0.05, 0) is 51.0 Å². The van der Waals surface area contributed by atoms with Gasteiger partial charge in [-0.15, -0.1) is 0 Å². The van der Waals surface area contributed by atoms with Crippen molar-refractivity contribution in [2.24, 2.45) is 0 Å². The summed E-state index contributed by atoms with van der Waals surface area (Å²) in [4.78, 5) is 2.78. The number of halogens is 1.